The van der Waals surface area contributed by atoms with Crippen LogP contribution < -0.4 is 14.8 Å². The van der Waals surface area contributed by atoms with Crippen LogP contribution in [0.25, 0.3) is 0 Å². The number of amides is 1. The van der Waals surface area contributed by atoms with Gasteiger partial charge in [-0.05, 0) is 49.1 Å². The smallest absolute Gasteiger partial charge is 0.246 e. The molecule has 2 atom stereocenters. The van der Waals surface area contributed by atoms with Gasteiger partial charge in [0.25, 0.3) is 0 Å². The third kappa shape index (κ3) is 4.94. The summed E-state index contributed by atoms with van der Waals surface area (Å²) in [6, 6.07) is 12.6. The van der Waals surface area contributed by atoms with Crippen LogP contribution in [-0.4, -0.2) is 51.3 Å². The van der Waals surface area contributed by atoms with Crippen molar-refractivity contribution in [3.63, 3.8) is 0 Å². The molecule has 1 amide bonds. The minimum atomic E-state index is -0.117. The van der Waals surface area contributed by atoms with Crippen LogP contribution in [0.2, 0.25) is 0 Å². The van der Waals surface area contributed by atoms with E-state index in [0.29, 0.717) is 5.75 Å². The van der Waals surface area contributed by atoms with Crippen molar-refractivity contribution in [2.24, 2.45) is 0 Å². The van der Waals surface area contributed by atoms with Gasteiger partial charge in [0.2, 0.25) is 5.91 Å². The van der Waals surface area contributed by atoms with Crippen LogP contribution in [0, 0.1) is 6.92 Å². The Balaban J connectivity index is 1.97. The summed E-state index contributed by atoms with van der Waals surface area (Å²) in [6.45, 7) is 5.91. The molecule has 1 aliphatic rings. The molecule has 2 unspecified atom stereocenters. The highest BCUT2D eigenvalue weighted by atomic mass is 16.5. The molecule has 3 rings (SSSR count). The van der Waals surface area contributed by atoms with Gasteiger partial charge in [-0.3, -0.25) is 9.69 Å². The van der Waals surface area contributed by atoms with E-state index in [-0.39, 0.29) is 24.6 Å². The van der Waals surface area contributed by atoms with Crippen LogP contribution in [0.15, 0.2) is 36.4 Å². The second kappa shape index (κ2) is 9.96. The summed E-state index contributed by atoms with van der Waals surface area (Å²) in [5, 5.41) is 3.11. The minimum absolute atomic E-state index is 0.00914. The molecule has 0 fully saturated rings. The summed E-state index contributed by atoms with van der Waals surface area (Å²) in [5.74, 6) is 1.32. The topological polar surface area (TPSA) is 60.0 Å². The SMILES string of the molecule is COCC(=O)NC(C)C1c2cc(OC)c(OC)cc2CCN1Cc1cccc(C)c1. The summed E-state index contributed by atoms with van der Waals surface area (Å²) >= 11 is 0. The average molecular weight is 413 g/mol. The van der Waals surface area contributed by atoms with E-state index in [0.717, 1.165) is 30.8 Å². The van der Waals surface area contributed by atoms with Crippen molar-refractivity contribution in [2.45, 2.75) is 38.9 Å². The molecule has 1 N–H and O–H groups in total. The number of carbonyl (C=O) groups excluding carboxylic acids is 1. The van der Waals surface area contributed by atoms with Crippen LogP contribution in [0.3, 0.4) is 0 Å². The molecule has 2 aromatic carbocycles. The first kappa shape index (κ1) is 22.1. The van der Waals surface area contributed by atoms with Crippen LogP contribution in [0.1, 0.15) is 35.2 Å². The standard InChI is InChI=1S/C24H32N2O4/c1-16-7-6-8-18(11-16)14-26-10-9-19-12-21(29-4)22(30-5)13-20(19)24(26)17(2)25-23(27)15-28-3/h6-8,11-13,17,24H,9-10,14-15H2,1-5H3,(H,25,27). The quantitative estimate of drug-likeness (QED) is 0.721. The fourth-order valence-electron chi connectivity index (χ4n) is 4.34. The summed E-state index contributed by atoms with van der Waals surface area (Å²) in [4.78, 5) is 14.7. The van der Waals surface area contributed by atoms with Crippen LogP contribution in [-0.2, 0) is 22.5 Å². The zero-order valence-electron chi connectivity index (χ0n) is 18.5. The number of hydrogen-bond acceptors (Lipinski definition) is 5. The van der Waals surface area contributed by atoms with Crippen molar-refractivity contribution in [2.75, 3.05) is 34.5 Å². The maximum atomic E-state index is 12.2. The van der Waals surface area contributed by atoms with E-state index in [1.54, 1.807) is 14.2 Å². The molecule has 0 saturated heterocycles. The van der Waals surface area contributed by atoms with E-state index < -0.39 is 0 Å². The van der Waals surface area contributed by atoms with Crippen molar-refractivity contribution in [1.82, 2.24) is 10.2 Å². The maximum absolute atomic E-state index is 12.2. The van der Waals surface area contributed by atoms with Crippen molar-refractivity contribution in [1.29, 1.82) is 0 Å². The normalized spacial score (nSPS) is 17.2. The number of nitrogens with one attached hydrogen (secondary N) is 1. The molecule has 2 aromatic rings. The minimum Gasteiger partial charge on any atom is -0.493 e. The maximum Gasteiger partial charge on any atom is 0.246 e. The molecule has 6 heteroatoms. The molecule has 0 saturated carbocycles. The van der Waals surface area contributed by atoms with Gasteiger partial charge < -0.3 is 19.5 Å². The molecule has 30 heavy (non-hydrogen) atoms. The largest absolute Gasteiger partial charge is 0.493 e. The van der Waals surface area contributed by atoms with E-state index >= 15 is 0 Å². The van der Waals surface area contributed by atoms with Gasteiger partial charge in [-0.1, -0.05) is 29.8 Å². The van der Waals surface area contributed by atoms with E-state index in [4.69, 9.17) is 14.2 Å². The Morgan fingerprint density at radius 3 is 2.57 bits per heavy atom. The molecule has 1 aliphatic heterocycles. The Morgan fingerprint density at radius 1 is 1.17 bits per heavy atom. The highest BCUT2D eigenvalue weighted by molar-refractivity contribution is 5.77. The number of carbonyl (C=O) groups is 1. The first-order valence-electron chi connectivity index (χ1n) is 10.3. The lowest BCUT2D eigenvalue weighted by molar-refractivity contribution is -0.125. The molecule has 0 aromatic heterocycles. The average Bonchev–Trinajstić information content (AvgIpc) is 2.72. The third-order valence-corrected chi connectivity index (χ3v) is 5.63. The van der Waals surface area contributed by atoms with Crippen LogP contribution in [0.4, 0.5) is 0 Å². The first-order chi connectivity index (χ1) is 14.5. The number of nitrogens with zero attached hydrogens (tertiary/aromatic N) is 1. The van der Waals surface area contributed by atoms with Crippen molar-refractivity contribution >= 4 is 5.91 Å². The number of rotatable bonds is 8. The van der Waals surface area contributed by atoms with Crippen molar-refractivity contribution in [3.05, 3.63) is 58.7 Å². The molecule has 0 aliphatic carbocycles. The van der Waals surface area contributed by atoms with Crippen molar-refractivity contribution < 1.29 is 19.0 Å². The molecule has 162 valence electrons. The fourth-order valence-corrected chi connectivity index (χ4v) is 4.34. The molecular weight excluding hydrogens is 380 g/mol. The number of ether oxygens (including phenoxy) is 3. The predicted molar refractivity (Wildman–Crippen MR) is 117 cm³/mol. The van der Waals surface area contributed by atoms with Gasteiger partial charge in [-0.15, -0.1) is 0 Å². The molecule has 0 bridgehead atoms. The summed E-state index contributed by atoms with van der Waals surface area (Å²) < 4.78 is 16.1. The second-order valence-corrected chi connectivity index (χ2v) is 7.85. The van der Waals surface area contributed by atoms with Gasteiger partial charge in [0.05, 0.1) is 20.3 Å². The third-order valence-electron chi connectivity index (χ3n) is 5.63. The summed E-state index contributed by atoms with van der Waals surface area (Å²) in [7, 11) is 4.83. The fraction of sp³-hybridized carbons (Fsp3) is 0.458. The Hall–Kier alpha value is -2.57. The first-order valence-corrected chi connectivity index (χ1v) is 10.3. The zero-order chi connectivity index (χ0) is 21.7. The lowest BCUT2D eigenvalue weighted by Gasteiger charge is -2.41. The number of benzene rings is 2. The predicted octanol–water partition coefficient (Wildman–Crippen LogP) is 3.26. The highest BCUT2D eigenvalue weighted by Crippen LogP contribution is 2.40. The van der Waals surface area contributed by atoms with Gasteiger partial charge in [0.15, 0.2) is 11.5 Å². The summed E-state index contributed by atoms with van der Waals surface area (Å²) in [6.07, 6.45) is 0.913. The van der Waals surface area contributed by atoms with Crippen molar-refractivity contribution in [3.8, 4) is 11.5 Å². The van der Waals surface area contributed by atoms with Gasteiger partial charge >= 0.3 is 0 Å². The lowest BCUT2D eigenvalue weighted by atomic mass is 9.87. The number of hydrogen-bond donors (Lipinski definition) is 1. The van der Waals surface area contributed by atoms with Gasteiger partial charge in [0.1, 0.15) is 6.61 Å². The Morgan fingerprint density at radius 2 is 1.90 bits per heavy atom. The van der Waals surface area contributed by atoms with Crippen LogP contribution >= 0.6 is 0 Å². The zero-order valence-corrected chi connectivity index (χ0v) is 18.5. The molecule has 6 nitrogen and oxygen atoms in total. The lowest BCUT2D eigenvalue weighted by Crippen LogP contribution is -2.48. The monoisotopic (exact) mass is 412 g/mol. The van der Waals surface area contributed by atoms with Crippen LogP contribution in [0.5, 0.6) is 11.5 Å². The number of methoxy groups -OCH3 is 3. The van der Waals surface area contributed by atoms with Gasteiger partial charge in [-0.2, -0.15) is 0 Å². The Kier molecular flexibility index (Phi) is 7.34. The number of fused-ring (bicyclic) bond motifs is 1. The Labute approximate surface area is 179 Å². The second-order valence-electron chi connectivity index (χ2n) is 7.85. The van der Waals surface area contributed by atoms with E-state index in [2.05, 4.69) is 53.5 Å². The number of aryl methyl sites for hydroxylation is 1. The molecule has 1 heterocycles. The summed E-state index contributed by atoms with van der Waals surface area (Å²) in [5.41, 5.74) is 4.90. The van der Waals surface area contributed by atoms with E-state index in [1.165, 1.54) is 23.8 Å². The Bertz CT molecular complexity index is 884. The van der Waals surface area contributed by atoms with E-state index in [1.807, 2.05) is 6.92 Å². The van der Waals surface area contributed by atoms with Gasteiger partial charge in [-0.25, -0.2) is 0 Å². The molecular formula is C24H32N2O4. The van der Waals surface area contributed by atoms with Gasteiger partial charge in [0, 0.05) is 26.2 Å². The van der Waals surface area contributed by atoms with E-state index in [9.17, 15) is 4.79 Å². The molecule has 0 radical (unpaired) electrons. The highest BCUT2D eigenvalue weighted by Gasteiger charge is 2.33. The molecule has 0 spiro atoms.